The lowest BCUT2D eigenvalue weighted by atomic mass is 10.1. The Kier molecular flexibility index (Phi) is 5.10. The molecule has 0 aliphatic heterocycles. The summed E-state index contributed by atoms with van der Waals surface area (Å²) >= 11 is 10.3. The number of hydrogen-bond acceptors (Lipinski definition) is 3. The molecule has 1 aromatic carbocycles. The van der Waals surface area contributed by atoms with E-state index in [1.165, 1.54) is 14.9 Å². The fourth-order valence-electron chi connectivity index (χ4n) is 1.99. The van der Waals surface area contributed by atoms with E-state index in [2.05, 4.69) is 45.4 Å². The van der Waals surface area contributed by atoms with Gasteiger partial charge in [0.1, 0.15) is 4.99 Å². The van der Waals surface area contributed by atoms with E-state index in [1.54, 1.807) is 11.3 Å². The van der Waals surface area contributed by atoms with E-state index in [4.69, 9.17) is 18.0 Å². The molecule has 0 spiro atoms. The fraction of sp³-hybridized carbons (Fsp3) is 0.214. The third-order valence-corrected chi connectivity index (χ3v) is 4.57. The Bertz CT molecular complexity index is 580. The second-order valence-corrected chi connectivity index (χ2v) is 7.18. The van der Waals surface area contributed by atoms with Crippen molar-refractivity contribution in [2.45, 2.75) is 13.1 Å². The summed E-state index contributed by atoms with van der Waals surface area (Å²) in [4.78, 5) is 2.72. The van der Waals surface area contributed by atoms with Crippen molar-refractivity contribution in [2.75, 3.05) is 7.05 Å². The number of thiocarbonyl (C=S) groups is 1. The third-order valence-electron chi connectivity index (χ3n) is 2.80. The average molecular weight is 355 g/mol. The predicted octanol–water partition coefficient (Wildman–Crippen LogP) is 3.78. The van der Waals surface area contributed by atoms with Crippen LogP contribution in [0.25, 0.3) is 0 Å². The molecule has 0 saturated heterocycles. The van der Waals surface area contributed by atoms with Crippen molar-refractivity contribution in [2.24, 2.45) is 5.73 Å². The lowest BCUT2D eigenvalue weighted by Crippen LogP contribution is -2.20. The first kappa shape index (κ1) is 14.7. The molecule has 1 aromatic heterocycles. The van der Waals surface area contributed by atoms with E-state index in [0.717, 1.165) is 18.7 Å². The zero-order chi connectivity index (χ0) is 13.8. The molecule has 2 rings (SSSR count). The molecule has 1 heterocycles. The molecule has 0 atom stereocenters. The van der Waals surface area contributed by atoms with Crippen LogP contribution < -0.4 is 5.73 Å². The third kappa shape index (κ3) is 4.11. The predicted molar refractivity (Wildman–Crippen MR) is 89.5 cm³/mol. The average Bonchev–Trinajstić information content (AvgIpc) is 2.75. The number of benzene rings is 1. The SMILES string of the molecule is CN(Cc1csc(Br)c1)Cc1ccccc1C(N)=S. The molecule has 2 nitrogen and oxygen atoms in total. The monoisotopic (exact) mass is 354 g/mol. The molecule has 100 valence electrons. The van der Waals surface area contributed by atoms with Crippen LogP contribution in [0.15, 0.2) is 39.5 Å². The minimum absolute atomic E-state index is 0.460. The summed E-state index contributed by atoms with van der Waals surface area (Å²) in [6.07, 6.45) is 0. The first-order chi connectivity index (χ1) is 9.06. The van der Waals surface area contributed by atoms with Gasteiger partial charge in [-0.25, -0.2) is 0 Å². The molecule has 0 aliphatic carbocycles. The van der Waals surface area contributed by atoms with Gasteiger partial charge < -0.3 is 5.73 Å². The smallest absolute Gasteiger partial charge is 0.104 e. The van der Waals surface area contributed by atoms with Crippen molar-refractivity contribution >= 4 is 44.5 Å². The van der Waals surface area contributed by atoms with Gasteiger partial charge in [-0.2, -0.15) is 0 Å². The highest BCUT2D eigenvalue weighted by Gasteiger charge is 2.08. The van der Waals surface area contributed by atoms with E-state index in [0.29, 0.717) is 4.99 Å². The van der Waals surface area contributed by atoms with E-state index in [1.807, 2.05) is 18.2 Å². The van der Waals surface area contributed by atoms with E-state index in [9.17, 15) is 0 Å². The van der Waals surface area contributed by atoms with Crippen LogP contribution in [-0.2, 0) is 13.1 Å². The Hall–Kier alpha value is -0.750. The highest BCUT2D eigenvalue weighted by molar-refractivity contribution is 9.11. The molecule has 0 fully saturated rings. The Morgan fingerprint density at radius 3 is 2.74 bits per heavy atom. The van der Waals surface area contributed by atoms with Crippen molar-refractivity contribution in [1.29, 1.82) is 0 Å². The molecule has 0 bridgehead atoms. The highest BCUT2D eigenvalue weighted by atomic mass is 79.9. The van der Waals surface area contributed by atoms with Crippen molar-refractivity contribution in [3.8, 4) is 0 Å². The van der Waals surface area contributed by atoms with Crippen LogP contribution in [0.1, 0.15) is 16.7 Å². The van der Waals surface area contributed by atoms with E-state index < -0.39 is 0 Å². The largest absolute Gasteiger partial charge is 0.389 e. The summed E-state index contributed by atoms with van der Waals surface area (Å²) in [5, 5.41) is 2.17. The first-order valence-corrected chi connectivity index (χ1v) is 7.93. The molecule has 0 aliphatic rings. The van der Waals surface area contributed by atoms with Gasteiger partial charge in [-0.3, -0.25) is 4.90 Å². The lowest BCUT2D eigenvalue weighted by Gasteiger charge is -2.18. The molecule has 2 aromatic rings. The molecule has 2 N–H and O–H groups in total. The van der Waals surface area contributed by atoms with Gasteiger partial charge in [0.25, 0.3) is 0 Å². The second kappa shape index (κ2) is 6.61. The number of rotatable bonds is 5. The van der Waals surface area contributed by atoms with Gasteiger partial charge in [0.15, 0.2) is 0 Å². The zero-order valence-corrected chi connectivity index (χ0v) is 13.8. The molecule has 19 heavy (non-hydrogen) atoms. The number of nitrogens with two attached hydrogens (primary N) is 1. The second-order valence-electron chi connectivity index (χ2n) is 4.45. The fourth-order valence-corrected chi connectivity index (χ4v) is 3.39. The van der Waals surface area contributed by atoms with Gasteiger partial charge >= 0.3 is 0 Å². The Morgan fingerprint density at radius 1 is 1.37 bits per heavy atom. The highest BCUT2D eigenvalue weighted by Crippen LogP contribution is 2.22. The van der Waals surface area contributed by atoms with Gasteiger partial charge in [0, 0.05) is 18.7 Å². The minimum Gasteiger partial charge on any atom is -0.389 e. The summed E-state index contributed by atoms with van der Waals surface area (Å²) in [7, 11) is 2.10. The number of thiophene rings is 1. The maximum Gasteiger partial charge on any atom is 0.104 e. The Labute approximate surface area is 131 Å². The van der Waals surface area contributed by atoms with Crippen molar-refractivity contribution in [3.63, 3.8) is 0 Å². The molecule has 0 amide bonds. The van der Waals surface area contributed by atoms with Crippen LogP contribution in [0.4, 0.5) is 0 Å². The lowest BCUT2D eigenvalue weighted by molar-refractivity contribution is 0.319. The molecular weight excluding hydrogens is 340 g/mol. The van der Waals surface area contributed by atoms with Crippen LogP contribution in [0, 0.1) is 0 Å². The quantitative estimate of drug-likeness (QED) is 0.828. The normalized spacial score (nSPS) is 10.9. The van der Waals surface area contributed by atoms with Crippen molar-refractivity contribution < 1.29 is 0 Å². The zero-order valence-electron chi connectivity index (χ0n) is 10.6. The number of halogens is 1. The molecule has 0 saturated carbocycles. The number of nitrogens with zero attached hydrogens (tertiary/aromatic N) is 1. The van der Waals surface area contributed by atoms with Crippen molar-refractivity contribution in [3.05, 3.63) is 56.2 Å². The van der Waals surface area contributed by atoms with E-state index in [-0.39, 0.29) is 0 Å². The standard InChI is InChI=1S/C14H15BrN2S2/c1-17(7-10-6-13(15)19-9-10)8-11-4-2-3-5-12(11)14(16)18/h2-6,9H,7-8H2,1H3,(H2,16,18). The summed E-state index contributed by atoms with van der Waals surface area (Å²) in [6.45, 7) is 1.74. The van der Waals surface area contributed by atoms with Crippen LogP contribution >= 0.6 is 39.5 Å². The minimum atomic E-state index is 0.460. The Balaban J connectivity index is 2.06. The summed E-state index contributed by atoms with van der Waals surface area (Å²) < 4.78 is 1.17. The van der Waals surface area contributed by atoms with Crippen LogP contribution in [-0.4, -0.2) is 16.9 Å². The molecule has 0 unspecified atom stereocenters. The maximum absolute atomic E-state index is 5.75. The van der Waals surface area contributed by atoms with Gasteiger partial charge in [-0.15, -0.1) is 11.3 Å². The van der Waals surface area contributed by atoms with E-state index >= 15 is 0 Å². The van der Waals surface area contributed by atoms with Gasteiger partial charge in [-0.1, -0.05) is 36.5 Å². The number of hydrogen-bond donors (Lipinski definition) is 1. The van der Waals surface area contributed by atoms with Crippen LogP contribution in [0.2, 0.25) is 0 Å². The molecule has 5 heteroatoms. The first-order valence-electron chi connectivity index (χ1n) is 5.85. The summed E-state index contributed by atoms with van der Waals surface area (Å²) in [6, 6.07) is 10.2. The Morgan fingerprint density at radius 2 is 2.11 bits per heavy atom. The summed E-state index contributed by atoms with van der Waals surface area (Å²) in [5.41, 5.74) is 9.21. The van der Waals surface area contributed by atoms with Gasteiger partial charge in [0.05, 0.1) is 3.79 Å². The van der Waals surface area contributed by atoms with Crippen molar-refractivity contribution in [1.82, 2.24) is 4.90 Å². The van der Waals surface area contributed by atoms with Gasteiger partial charge in [-0.05, 0) is 45.6 Å². The molecular formula is C14H15BrN2S2. The summed E-state index contributed by atoms with van der Waals surface area (Å²) in [5.74, 6) is 0. The topological polar surface area (TPSA) is 29.3 Å². The molecule has 0 radical (unpaired) electrons. The van der Waals surface area contributed by atoms with Crippen LogP contribution in [0.5, 0.6) is 0 Å². The van der Waals surface area contributed by atoms with Gasteiger partial charge in [0.2, 0.25) is 0 Å². The maximum atomic E-state index is 5.75. The van der Waals surface area contributed by atoms with Crippen LogP contribution in [0.3, 0.4) is 0 Å².